The lowest BCUT2D eigenvalue weighted by atomic mass is 10.1. The molecule has 0 saturated carbocycles. The van der Waals surface area contributed by atoms with Crippen LogP contribution in [-0.4, -0.2) is 31.2 Å². The van der Waals surface area contributed by atoms with Gasteiger partial charge in [-0.1, -0.05) is 31.5 Å². The Hall–Kier alpha value is -1.55. The summed E-state index contributed by atoms with van der Waals surface area (Å²) >= 11 is 0. The zero-order valence-corrected chi connectivity index (χ0v) is 11.3. The lowest BCUT2D eigenvalue weighted by Crippen LogP contribution is -2.36. The minimum atomic E-state index is -0.779. The average Bonchev–Trinajstić information content (AvgIpc) is 2.34. The fourth-order valence-corrected chi connectivity index (χ4v) is 1.93. The van der Waals surface area contributed by atoms with Crippen molar-refractivity contribution in [2.45, 2.75) is 32.4 Å². The molecule has 18 heavy (non-hydrogen) atoms. The van der Waals surface area contributed by atoms with Crippen LogP contribution >= 0.6 is 0 Å². The second-order valence-electron chi connectivity index (χ2n) is 4.58. The third kappa shape index (κ3) is 4.04. The molecule has 0 spiro atoms. The van der Waals surface area contributed by atoms with E-state index in [4.69, 9.17) is 5.11 Å². The molecule has 0 aliphatic heterocycles. The number of hydrogen-bond acceptors (Lipinski definition) is 3. The Labute approximate surface area is 109 Å². The summed E-state index contributed by atoms with van der Waals surface area (Å²) in [5.41, 5.74) is 2.23. The second-order valence-corrected chi connectivity index (χ2v) is 4.58. The summed E-state index contributed by atoms with van der Waals surface area (Å²) < 4.78 is 0. The van der Waals surface area contributed by atoms with Gasteiger partial charge in [0, 0.05) is 26.3 Å². The Morgan fingerprint density at radius 2 is 2.06 bits per heavy atom. The van der Waals surface area contributed by atoms with Crippen LogP contribution < -0.4 is 10.2 Å². The predicted octanol–water partition coefficient (Wildman–Crippen LogP) is 2.10. The van der Waals surface area contributed by atoms with Crippen LogP contribution in [0.2, 0.25) is 0 Å². The summed E-state index contributed by atoms with van der Waals surface area (Å²) in [6.45, 7) is 2.57. The highest BCUT2D eigenvalue weighted by Gasteiger charge is 2.15. The van der Waals surface area contributed by atoms with Crippen molar-refractivity contribution in [3.8, 4) is 0 Å². The first kappa shape index (κ1) is 14.5. The molecule has 0 aliphatic carbocycles. The zero-order valence-electron chi connectivity index (χ0n) is 11.3. The Morgan fingerprint density at radius 3 is 2.61 bits per heavy atom. The number of benzene rings is 1. The highest BCUT2D eigenvalue weighted by atomic mass is 16.4. The third-order valence-corrected chi connectivity index (χ3v) is 2.89. The van der Waals surface area contributed by atoms with Gasteiger partial charge in [-0.2, -0.15) is 0 Å². The first-order chi connectivity index (χ1) is 8.56. The smallest absolute Gasteiger partial charge is 0.320 e. The Balaban J connectivity index is 2.70. The van der Waals surface area contributed by atoms with Crippen LogP contribution in [0.15, 0.2) is 24.3 Å². The van der Waals surface area contributed by atoms with E-state index in [0.29, 0.717) is 13.0 Å². The molecular formula is C14H22N2O2. The summed E-state index contributed by atoms with van der Waals surface area (Å²) in [4.78, 5) is 13.1. The maximum absolute atomic E-state index is 11.1. The topological polar surface area (TPSA) is 52.6 Å². The van der Waals surface area contributed by atoms with E-state index in [2.05, 4.69) is 5.32 Å². The number of aliphatic carboxylic acids is 1. The van der Waals surface area contributed by atoms with Crippen LogP contribution in [0.3, 0.4) is 0 Å². The number of carboxylic acid groups (broad SMARTS) is 1. The van der Waals surface area contributed by atoms with E-state index in [1.807, 2.05) is 50.2 Å². The highest BCUT2D eigenvalue weighted by molar-refractivity contribution is 5.73. The zero-order chi connectivity index (χ0) is 13.5. The van der Waals surface area contributed by atoms with Gasteiger partial charge in [-0.3, -0.25) is 4.79 Å². The Morgan fingerprint density at radius 1 is 1.39 bits per heavy atom. The summed E-state index contributed by atoms with van der Waals surface area (Å²) in [5, 5.41) is 12.2. The molecule has 0 fully saturated rings. The standard InChI is InChI=1S/C14H22N2O2/c1-4-7-12(14(17)18)15-10-11-8-5-6-9-13(11)16(2)3/h5-6,8-9,12,15H,4,7,10H2,1-3H3,(H,17,18). The predicted molar refractivity (Wildman–Crippen MR) is 73.9 cm³/mol. The van der Waals surface area contributed by atoms with Crippen LogP contribution in [0.25, 0.3) is 0 Å². The number of para-hydroxylation sites is 1. The van der Waals surface area contributed by atoms with Crippen molar-refractivity contribution in [1.82, 2.24) is 5.32 Å². The summed E-state index contributed by atoms with van der Waals surface area (Å²) in [5.74, 6) is -0.779. The normalized spacial score (nSPS) is 12.2. The molecule has 4 nitrogen and oxygen atoms in total. The van der Waals surface area contributed by atoms with Crippen molar-refractivity contribution in [2.75, 3.05) is 19.0 Å². The van der Waals surface area contributed by atoms with Crippen LogP contribution in [-0.2, 0) is 11.3 Å². The summed E-state index contributed by atoms with van der Waals surface area (Å²) in [7, 11) is 3.97. The molecule has 1 rings (SSSR count). The molecule has 0 amide bonds. The number of hydrogen-bond donors (Lipinski definition) is 2. The fourth-order valence-electron chi connectivity index (χ4n) is 1.93. The fraction of sp³-hybridized carbons (Fsp3) is 0.500. The van der Waals surface area contributed by atoms with Gasteiger partial charge in [0.05, 0.1) is 0 Å². The Bertz CT molecular complexity index is 391. The molecule has 1 aromatic carbocycles. The summed E-state index contributed by atoms with van der Waals surface area (Å²) in [6, 6.07) is 7.55. The number of carbonyl (C=O) groups is 1. The minimum Gasteiger partial charge on any atom is -0.480 e. The number of nitrogens with zero attached hydrogens (tertiary/aromatic N) is 1. The van der Waals surface area contributed by atoms with Crippen molar-refractivity contribution in [3.05, 3.63) is 29.8 Å². The molecule has 0 saturated heterocycles. The van der Waals surface area contributed by atoms with Crippen LogP contribution in [0.5, 0.6) is 0 Å². The third-order valence-electron chi connectivity index (χ3n) is 2.89. The van der Waals surface area contributed by atoms with E-state index in [1.165, 1.54) is 0 Å². The molecule has 0 heterocycles. The van der Waals surface area contributed by atoms with Gasteiger partial charge in [0.15, 0.2) is 0 Å². The number of nitrogens with one attached hydrogen (secondary N) is 1. The molecule has 0 bridgehead atoms. The molecule has 0 radical (unpaired) electrons. The number of rotatable bonds is 7. The van der Waals surface area contributed by atoms with Crippen molar-refractivity contribution >= 4 is 11.7 Å². The van der Waals surface area contributed by atoms with Crippen LogP contribution in [0, 0.1) is 0 Å². The van der Waals surface area contributed by atoms with Gasteiger partial charge in [-0.05, 0) is 18.1 Å². The summed E-state index contributed by atoms with van der Waals surface area (Å²) in [6.07, 6.45) is 1.51. The second kappa shape index (κ2) is 7.01. The maximum Gasteiger partial charge on any atom is 0.320 e. The highest BCUT2D eigenvalue weighted by Crippen LogP contribution is 2.17. The van der Waals surface area contributed by atoms with Gasteiger partial charge >= 0.3 is 5.97 Å². The molecule has 1 atom stereocenters. The van der Waals surface area contributed by atoms with Crippen molar-refractivity contribution in [2.24, 2.45) is 0 Å². The van der Waals surface area contributed by atoms with Crippen LogP contribution in [0.4, 0.5) is 5.69 Å². The molecule has 0 aromatic heterocycles. The molecule has 4 heteroatoms. The minimum absolute atomic E-state index is 0.467. The van der Waals surface area contributed by atoms with Gasteiger partial charge in [-0.15, -0.1) is 0 Å². The number of carboxylic acids is 1. The van der Waals surface area contributed by atoms with E-state index in [-0.39, 0.29) is 0 Å². The Kier molecular flexibility index (Phi) is 5.65. The molecule has 100 valence electrons. The first-order valence-electron chi connectivity index (χ1n) is 6.27. The maximum atomic E-state index is 11.1. The number of anilines is 1. The average molecular weight is 250 g/mol. The van der Waals surface area contributed by atoms with Gasteiger partial charge in [0.25, 0.3) is 0 Å². The van der Waals surface area contributed by atoms with Gasteiger partial charge in [0.1, 0.15) is 6.04 Å². The molecular weight excluding hydrogens is 228 g/mol. The first-order valence-corrected chi connectivity index (χ1v) is 6.27. The van der Waals surface area contributed by atoms with Crippen molar-refractivity contribution < 1.29 is 9.90 Å². The molecule has 1 unspecified atom stereocenters. The van der Waals surface area contributed by atoms with Gasteiger partial charge in [-0.25, -0.2) is 0 Å². The lowest BCUT2D eigenvalue weighted by molar-refractivity contribution is -0.139. The quantitative estimate of drug-likeness (QED) is 0.778. The van der Waals surface area contributed by atoms with Crippen LogP contribution in [0.1, 0.15) is 25.3 Å². The van der Waals surface area contributed by atoms with Crippen molar-refractivity contribution in [3.63, 3.8) is 0 Å². The molecule has 1 aromatic rings. The van der Waals surface area contributed by atoms with Crippen molar-refractivity contribution in [1.29, 1.82) is 0 Å². The largest absolute Gasteiger partial charge is 0.480 e. The SMILES string of the molecule is CCCC(NCc1ccccc1N(C)C)C(=O)O. The van der Waals surface area contributed by atoms with E-state index in [0.717, 1.165) is 17.7 Å². The van der Waals surface area contributed by atoms with E-state index >= 15 is 0 Å². The molecule has 2 N–H and O–H groups in total. The van der Waals surface area contributed by atoms with E-state index < -0.39 is 12.0 Å². The van der Waals surface area contributed by atoms with Gasteiger partial charge < -0.3 is 15.3 Å². The van der Waals surface area contributed by atoms with Gasteiger partial charge in [0.2, 0.25) is 0 Å². The molecule has 0 aliphatic rings. The monoisotopic (exact) mass is 250 g/mol. The lowest BCUT2D eigenvalue weighted by Gasteiger charge is -2.19. The van der Waals surface area contributed by atoms with E-state index in [9.17, 15) is 4.79 Å². The van der Waals surface area contributed by atoms with E-state index in [1.54, 1.807) is 0 Å².